The number of urea groups is 1. The molecule has 0 radical (unpaired) electrons. The van der Waals surface area contributed by atoms with Crippen LogP contribution in [0.1, 0.15) is 61.9 Å². The maximum absolute atomic E-state index is 12.6. The molecular formula is C23H32N4O2. The lowest BCUT2D eigenvalue weighted by Crippen LogP contribution is -2.61. The molecule has 29 heavy (non-hydrogen) atoms. The molecule has 6 rings (SSSR count). The normalized spacial score (nSPS) is 33.5. The molecule has 5 fully saturated rings. The van der Waals surface area contributed by atoms with Gasteiger partial charge in [-0.25, -0.2) is 4.79 Å². The third kappa shape index (κ3) is 3.99. The first-order chi connectivity index (χ1) is 14.1. The van der Waals surface area contributed by atoms with Gasteiger partial charge in [0.1, 0.15) is 5.69 Å². The minimum Gasteiger partial charge on any atom is -0.338 e. The predicted octanol–water partition coefficient (Wildman–Crippen LogP) is 3.20. The number of carbonyl (C=O) groups excluding carboxylic acids is 2. The predicted molar refractivity (Wildman–Crippen MR) is 110 cm³/mol. The minimum absolute atomic E-state index is 0.0107. The number of nitrogens with one attached hydrogen (secondary N) is 2. The van der Waals surface area contributed by atoms with Crippen molar-refractivity contribution in [2.75, 3.05) is 19.6 Å². The van der Waals surface area contributed by atoms with Crippen LogP contribution < -0.4 is 10.6 Å². The number of aromatic nitrogens is 1. The van der Waals surface area contributed by atoms with Gasteiger partial charge in [-0.2, -0.15) is 0 Å². The van der Waals surface area contributed by atoms with Crippen molar-refractivity contribution < 1.29 is 9.59 Å². The standard InChI is InChI=1S/C23H32N4O2/c28-21(20-3-1-2-6-24-20)27-7-4-16(5-8-27)15-25-22(29)26-23-12-17-9-18(13-23)11-19(10-17)14-23/h1-3,6,16-19H,4-5,7-15H2,(H2,25,26,29). The van der Waals surface area contributed by atoms with Gasteiger partial charge in [0.15, 0.2) is 0 Å². The average molecular weight is 397 g/mol. The fourth-order valence-corrected chi connectivity index (χ4v) is 6.78. The Balaban J connectivity index is 1.07. The van der Waals surface area contributed by atoms with Crippen LogP contribution in [0.25, 0.3) is 0 Å². The third-order valence-electron chi connectivity index (χ3n) is 7.75. The second-order valence-electron chi connectivity index (χ2n) is 9.98. The molecule has 6 nitrogen and oxygen atoms in total. The Bertz CT molecular complexity index is 722. The van der Waals surface area contributed by atoms with Gasteiger partial charge in [0.05, 0.1) is 0 Å². The summed E-state index contributed by atoms with van der Waals surface area (Å²) < 4.78 is 0. The summed E-state index contributed by atoms with van der Waals surface area (Å²) in [6, 6.07) is 5.45. The van der Waals surface area contributed by atoms with Crippen LogP contribution >= 0.6 is 0 Å². The highest BCUT2D eigenvalue weighted by Crippen LogP contribution is 2.55. The zero-order valence-corrected chi connectivity index (χ0v) is 17.1. The Morgan fingerprint density at radius 2 is 1.69 bits per heavy atom. The molecular weight excluding hydrogens is 364 g/mol. The van der Waals surface area contributed by atoms with Gasteiger partial charge < -0.3 is 15.5 Å². The molecule has 0 aromatic carbocycles. The zero-order chi connectivity index (χ0) is 19.8. The van der Waals surface area contributed by atoms with Crippen LogP contribution in [0.15, 0.2) is 24.4 Å². The van der Waals surface area contributed by atoms with Gasteiger partial charge in [0, 0.05) is 31.4 Å². The number of hydrogen-bond acceptors (Lipinski definition) is 3. The van der Waals surface area contributed by atoms with Crippen molar-refractivity contribution in [3.63, 3.8) is 0 Å². The highest BCUT2D eigenvalue weighted by atomic mass is 16.2. The number of carbonyl (C=O) groups is 2. The number of likely N-dealkylation sites (tertiary alicyclic amines) is 1. The van der Waals surface area contributed by atoms with E-state index in [-0.39, 0.29) is 17.5 Å². The molecule has 4 saturated carbocycles. The third-order valence-corrected chi connectivity index (χ3v) is 7.75. The van der Waals surface area contributed by atoms with E-state index in [4.69, 9.17) is 0 Å². The fraction of sp³-hybridized carbons (Fsp3) is 0.696. The SMILES string of the molecule is O=C(NCC1CCN(C(=O)c2ccccn2)CC1)NC12CC3CC(CC(C3)C1)C2. The minimum atomic E-state index is 0.0107. The first-order valence-corrected chi connectivity index (χ1v) is 11.3. The monoisotopic (exact) mass is 396 g/mol. The summed E-state index contributed by atoms with van der Waals surface area (Å²) >= 11 is 0. The van der Waals surface area contributed by atoms with Crippen molar-refractivity contribution in [1.82, 2.24) is 20.5 Å². The van der Waals surface area contributed by atoms with Gasteiger partial charge >= 0.3 is 6.03 Å². The summed E-state index contributed by atoms with van der Waals surface area (Å²) in [5, 5.41) is 6.53. The van der Waals surface area contributed by atoms with Crippen LogP contribution in [-0.2, 0) is 0 Å². The van der Waals surface area contributed by atoms with Crippen molar-refractivity contribution in [1.29, 1.82) is 0 Å². The maximum Gasteiger partial charge on any atom is 0.315 e. The molecule has 4 bridgehead atoms. The van der Waals surface area contributed by atoms with Crippen LogP contribution in [0, 0.1) is 23.7 Å². The first kappa shape index (κ1) is 18.9. The maximum atomic E-state index is 12.6. The molecule has 0 unspecified atom stereocenters. The van der Waals surface area contributed by atoms with E-state index >= 15 is 0 Å². The van der Waals surface area contributed by atoms with E-state index in [1.165, 1.54) is 38.5 Å². The molecule has 0 atom stereocenters. The topological polar surface area (TPSA) is 74.3 Å². The molecule has 0 spiro atoms. The van der Waals surface area contributed by atoms with Crippen LogP contribution in [0.4, 0.5) is 4.79 Å². The van der Waals surface area contributed by atoms with Crippen LogP contribution in [0.2, 0.25) is 0 Å². The number of hydrogen-bond donors (Lipinski definition) is 2. The van der Waals surface area contributed by atoms with E-state index in [0.29, 0.717) is 18.2 Å². The lowest BCUT2D eigenvalue weighted by molar-refractivity contribution is -0.0136. The number of pyridine rings is 1. The summed E-state index contributed by atoms with van der Waals surface area (Å²) in [6.07, 6.45) is 11.2. The van der Waals surface area contributed by atoms with Crippen molar-refractivity contribution in [3.05, 3.63) is 30.1 Å². The number of rotatable bonds is 4. The molecule has 156 valence electrons. The van der Waals surface area contributed by atoms with Crippen LogP contribution in [0.3, 0.4) is 0 Å². The van der Waals surface area contributed by atoms with E-state index in [9.17, 15) is 9.59 Å². The molecule has 2 heterocycles. The zero-order valence-electron chi connectivity index (χ0n) is 17.1. The quantitative estimate of drug-likeness (QED) is 0.821. The number of nitrogens with zero attached hydrogens (tertiary/aromatic N) is 2. The van der Waals surface area contributed by atoms with Gasteiger partial charge in [-0.1, -0.05) is 6.07 Å². The summed E-state index contributed by atoms with van der Waals surface area (Å²) in [4.78, 5) is 31.2. The first-order valence-electron chi connectivity index (χ1n) is 11.3. The Labute approximate surface area is 172 Å². The lowest BCUT2D eigenvalue weighted by atomic mass is 9.53. The van der Waals surface area contributed by atoms with Crippen molar-refractivity contribution in [2.45, 2.75) is 56.9 Å². The van der Waals surface area contributed by atoms with E-state index in [1.807, 2.05) is 17.0 Å². The van der Waals surface area contributed by atoms with Crippen molar-refractivity contribution in [3.8, 4) is 0 Å². The fourth-order valence-electron chi connectivity index (χ4n) is 6.78. The van der Waals surface area contributed by atoms with E-state index < -0.39 is 0 Å². The molecule has 1 aromatic rings. The molecule has 4 aliphatic carbocycles. The summed E-state index contributed by atoms with van der Waals surface area (Å²) in [6.45, 7) is 2.17. The molecule has 2 N–H and O–H groups in total. The van der Waals surface area contributed by atoms with E-state index in [1.54, 1.807) is 12.3 Å². The molecule has 1 aromatic heterocycles. The number of piperidine rings is 1. The Morgan fingerprint density at radius 1 is 1.03 bits per heavy atom. The summed E-state index contributed by atoms with van der Waals surface area (Å²) in [5.74, 6) is 2.95. The molecule has 1 aliphatic heterocycles. The van der Waals surface area contributed by atoms with Crippen LogP contribution in [0.5, 0.6) is 0 Å². The number of amides is 3. The smallest absolute Gasteiger partial charge is 0.315 e. The Morgan fingerprint density at radius 3 is 2.28 bits per heavy atom. The van der Waals surface area contributed by atoms with Crippen LogP contribution in [-0.4, -0.2) is 47.0 Å². The van der Waals surface area contributed by atoms with Gasteiger partial charge in [-0.05, 0) is 87.2 Å². The highest BCUT2D eigenvalue weighted by Gasteiger charge is 2.51. The van der Waals surface area contributed by atoms with Gasteiger partial charge in [-0.15, -0.1) is 0 Å². The Kier molecular flexibility index (Phi) is 4.96. The van der Waals surface area contributed by atoms with E-state index in [0.717, 1.165) is 43.7 Å². The average Bonchev–Trinajstić information content (AvgIpc) is 2.71. The second kappa shape index (κ2) is 7.62. The van der Waals surface area contributed by atoms with E-state index in [2.05, 4.69) is 15.6 Å². The molecule has 6 heteroatoms. The van der Waals surface area contributed by atoms with Gasteiger partial charge in [0.2, 0.25) is 0 Å². The van der Waals surface area contributed by atoms with Gasteiger partial charge in [-0.3, -0.25) is 9.78 Å². The molecule has 3 amide bonds. The summed E-state index contributed by atoms with van der Waals surface area (Å²) in [7, 11) is 0. The molecule has 1 saturated heterocycles. The van der Waals surface area contributed by atoms with Crippen molar-refractivity contribution >= 4 is 11.9 Å². The van der Waals surface area contributed by atoms with Gasteiger partial charge in [0.25, 0.3) is 5.91 Å². The summed E-state index contributed by atoms with van der Waals surface area (Å²) in [5.41, 5.74) is 0.580. The molecule has 5 aliphatic rings. The lowest BCUT2D eigenvalue weighted by Gasteiger charge is -2.56. The van der Waals surface area contributed by atoms with Crippen molar-refractivity contribution in [2.24, 2.45) is 23.7 Å². The largest absolute Gasteiger partial charge is 0.338 e. The Hall–Kier alpha value is -2.11. The second-order valence-corrected chi connectivity index (χ2v) is 9.98. The highest BCUT2D eigenvalue weighted by molar-refractivity contribution is 5.92.